The third-order valence-electron chi connectivity index (χ3n) is 1.94. The molecule has 1 aromatic rings. The Morgan fingerprint density at radius 2 is 2.00 bits per heavy atom. The van der Waals surface area contributed by atoms with Gasteiger partial charge in [0.2, 0.25) is 0 Å². The molecule has 0 amide bonds. The van der Waals surface area contributed by atoms with Gasteiger partial charge >= 0.3 is 5.97 Å². The molecule has 1 aromatic carbocycles. The van der Waals surface area contributed by atoms with Gasteiger partial charge in [0, 0.05) is 12.1 Å². The molecule has 0 spiro atoms. The summed E-state index contributed by atoms with van der Waals surface area (Å²) in [5, 5.41) is 10.4. The lowest BCUT2D eigenvalue weighted by Gasteiger charge is -2.03. The summed E-state index contributed by atoms with van der Waals surface area (Å²) < 4.78 is 9.77. The van der Waals surface area contributed by atoms with Gasteiger partial charge in [-0.2, -0.15) is 0 Å². The Balaban J connectivity index is 2.37. The number of hydrogen-bond donors (Lipinski definition) is 0. The third-order valence-corrected chi connectivity index (χ3v) is 1.94. The second kappa shape index (κ2) is 6.59. The van der Waals surface area contributed by atoms with E-state index < -0.39 is 10.9 Å². The fourth-order valence-corrected chi connectivity index (χ4v) is 1.17. The average molecular weight is 239 g/mol. The van der Waals surface area contributed by atoms with Gasteiger partial charge in [-0.3, -0.25) is 10.1 Å². The predicted octanol–water partition coefficient (Wildman–Crippen LogP) is 1.67. The highest BCUT2D eigenvalue weighted by atomic mass is 16.6. The van der Waals surface area contributed by atoms with Gasteiger partial charge in [0.15, 0.2) is 0 Å². The molecular weight excluding hydrogens is 226 g/mol. The van der Waals surface area contributed by atoms with E-state index in [1.54, 1.807) is 19.1 Å². The van der Waals surface area contributed by atoms with E-state index >= 15 is 0 Å². The van der Waals surface area contributed by atoms with Gasteiger partial charge in [-0.05, 0) is 24.6 Å². The van der Waals surface area contributed by atoms with E-state index in [0.717, 1.165) is 5.56 Å². The van der Waals surface area contributed by atoms with E-state index in [9.17, 15) is 14.9 Å². The van der Waals surface area contributed by atoms with Crippen LogP contribution in [0.3, 0.4) is 0 Å². The van der Waals surface area contributed by atoms with Crippen LogP contribution < -0.4 is 0 Å². The Labute approximate surface area is 98.3 Å². The molecule has 0 atom stereocenters. The fraction of sp³-hybridized carbons (Fsp3) is 0.364. The maximum Gasteiger partial charge on any atom is 0.332 e. The summed E-state index contributed by atoms with van der Waals surface area (Å²) in [6, 6.07) is 5.96. The Morgan fingerprint density at radius 3 is 2.53 bits per heavy atom. The van der Waals surface area contributed by atoms with Gasteiger partial charge in [-0.1, -0.05) is 0 Å². The molecule has 6 heteroatoms. The quantitative estimate of drug-likeness (QED) is 0.428. The van der Waals surface area contributed by atoms with Crippen molar-refractivity contribution >= 4 is 11.7 Å². The Hall–Kier alpha value is -1.95. The van der Waals surface area contributed by atoms with Gasteiger partial charge in [-0.15, -0.1) is 0 Å². The van der Waals surface area contributed by atoms with E-state index in [-0.39, 0.29) is 18.9 Å². The number of ether oxygens (including phenoxy) is 2. The molecule has 6 nitrogen and oxygen atoms in total. The minimum absolute atomic E-state index is 0.0270. The van der Waals surface area contributed by atoms with Crippen LogP contribution in [0.1, 0.15) is 12.5 Å². The SMILES string of the molecule is CCOC(=O)COCc1ccc([N+](=O)[O-])cc1. The maximum atomic E-state index is 10.9. The van der Waals surface area contributed by atoms with E-state index in [1.165, 1.54) is 12.1 Å². The number of carbonyl (C=O) groups excluding carboxylic acids is 1. The number of benzene rings is 1. The summed E-state index contributed by atoms with van der Waals surface area (Å²) >= 11 is 0. The second-order valence-corrected chi connectivity index (χ2v) is 3.22. The molecule has 0 saturated carbocycles. The van der Waals surface area contributed by atoms with Crippen LogP contribution in [-0.4, -0.2) is 24.1 Å². The van der Waals surface area contributed by atoms with Crippen molar-refractivity contribution < 1.29 is 19.2 Å². The number of carbonyl (C=O) groups is 1. The molecule has 0 unspecified atom stereocenters. The molecule has 0 radical (unpaired) electrons. The lowest BCUT2D eigenvalue weighted by atomic mass is 10.2. The van der Waals surface area contributed by atoms with Gasteiger partial charge in [0.05, 0.1) is 18.1 Å². The van der Waals surface area contributed by atoms with Gasteiger partial charge < -0.3 is 9.47 Å². The molecule has 17 heavy (non-hydrogen) atoms. The molecule has 0 N–H and O–H groups in total. The largest absolute Gasteiger partial charge is 0.464 e. The first-order valence-corrected chi connectivity index (χ1v) is 5.10. The molecule has 0 aliphatic carbocycles. The Bertz CT molecular complexity index is 387. The van der Waals surface area contributed by atoms with Crippen molar-refractivity contribution in [3.05, 3.63) is 39.9 Å². The molecule has 1 rings (SSSR count). The normalized spacial score (nSPS) is 9.94. The van der Waals surface area contributed by atoms with E-state index in [4.69, 9.17) is 4.74 Å². The van der Waals surface area contributed by atoms with E-state index in [2.05, 4.69) is 4.74 Å². The number of nitro groups is 1. The number of esters is 1. The van der Waals surface area contributed by atoms with Crippen LogP contribution in [0.4, 0.5) is 5.69 Å². The Morgan fingerprint density at radius 1 is 1.35 bits per heavy atom. The van der Waals surface area contributed by atoms with Crippen molar-refractivity contribution in [1.82, 2.24) is 0 Å². The zero-order chi connectivity index (χ0) is 12.7. The average Bonchev–Trinajstić information content (AvgIpc) is 2.30. The minimum Gasteiger partial charge on any atom is -0.464 e. The third kappa shape index (κ3) is 4.60. The lowest BCUT2D eigenvalue weighted by Crippen LogP contribution is -2.12. The summed E-state index contributed by atoms with van der Waals surface area (Å²) in [6.45, 7) is 2.13. The topological polar surface area (TPSA) is 78.7 Å². The number of hydrogen-bond acceptors (Lipinski definition) is 5. The highest BCUT2D eigenvalue weighted by Crippen LogP contribution is 2.12. The smallest absolute Gasteiger partial charge is 0.332 e. The summed E-state index contributed by atoms with van der Waals surface area (Å²) in [6.07, 6.45) is 0. The maximum absolute atomic E-state index is 10.9. The molecule has 0 aromatic heterocycles. The first-order valence-electron chi connectivity index (χ1n) is 5.10. The molecule has 0 heterocycles. The number of nitrogens with zero attached hydrogens (tertiary/aromatic N) is 1. The van der Waals surface area contributed by atoms with Gasteiger partial charge in [-0.25, -0.2) is 4.79 Å². The van der Waals surface area contributed by atoms with Gasteiger partial charge in [0.25, 0.3) is 5.69 Å². The Kier molecular flexibility index (Phi) is 5.09. The number of nitro benzene ring substituents is 1. The first-order chi connectivity index (χ1) is 8.13. The lowest BCUT2D eigenvalue weighted by molar-refractivity contribution is -0.384. The molecule has 0 aliphatic rings. The molecular formula is C11H13NO5. The van der Waals surface area contributed by atoms with Crippen LogP contribution in [0.5, 0.6) is 0 Å². The summed E-state index contributed by atoms with van der Waals surface area (Å²) in [4.78, 5) is 20.9. The van der Waals surface area contributed by atoms with Crippen LogP contribution >= 0.6 is 0 Å². The highest BCUT2D eigenvalue weighted by molar-refractivity contribution is 5.70. The van der Waals surface area contributed by atoms with E-state index in [1.807, 2.05) is 0 Å². The number of rotatable bonds is 6. The zero-order valence-electron chi connectivity index (χ0n) is 9.42. The van der Waals surface area contributed by atoms with E-state index in [0.29, 0.717) is 6.61 Å². The molecule has 0 aliphatic heterocycles. The standard InChI is InChI=1S/C11H13NO5/c1-2-17-11(13)8-16-7-9-3-5-10(6-4-9)12(14)15/h3-6H,2,7-8H2,1H3. The monoisotopic (exact) mass is 239 g/mol. The minimum atomic E-state index is -0.469. The van der Waals surface area contributed by atoms with Crippen LogP contribution in [0, 0.1) is 10.1 Å². The van der Waals surface area contributed by atoms with Crippen molar-refractivity contribution in [3.8, 4) is 0 Å². The molecule has 92 valence electrons. The van der Waals surface area contributed by atoms with Crippen molar-refractivity contribution in [2.75, 3.05) is 13.2 Å². The van der Waals surface area contributed by atoms with Crippen LogP contribution in [0.2, 0.25) is 0 Å². The van der Waals surface area contributed by atoms with Crippen LogP contribution in [0.15, 0.2) is 24.3 Å². The summed E-state index contributed by atoms with van der Waals surface area (Å²) in [5.41, 5.74) is 0.791. The molecule has 0 saturated heterocycles. The van der Waals surface area contributed by atoms with Crippen molar-refractivity contribution in [1.29, 1.82) is 0 Å². The second-order valence-electron chi connectivity index (χ2n) is 3.22. The zero-order valence-corrected chi connectivity index (χ0v) is 9.42. The number of non-ortho nitro benzene ring substituents is 1. The van der Waals surface area contributed by atoms with Crippen molar-refractivity contribution in [2.45, 2.75) is 13.5 Å². The molecule has 0 fully saturated rings. The fourth-order valence-electron chi connectivity index (χ4n) is 1.17. The van der Waals surface area contributed by atoms with Crippen molar-refractivity contribution in [3.63, 3.8) is 0 Å². The molecule has 0 bridgehead atoms. The first kappa shape index (κ1) is 13.1. The van der Waals surface area contributed by atoms with Crippen LogP contribution in [-0.2, 0) is 20.9 Å². The van der Waals surface area contributed by atoms with Crippen LogP contribution in [0.25, 0.3) is 0 Å². The van der Waals surface area contributed by atoms with Crippen molar-refractivity contribution in [2.24, 2.45) is 0 Å². The predicted molar refractivity (Wildman–Crippen MR) is 59.4 cm³/mol. The summed E-state index contributed by atoms with van der Waals surface area (Å²) in [5.74, 6) is -0.422. The highest BCUT2D eigenvalue weighted by Gasteiger charge is 2.05. The summed E-state index contributed by atoms with van der Waals surface area (Å²) in [7, 11) is 0. The van der Waals surface area contributed by atoms with Gasteiger partial charge in [0.1, 0.15) is 6.61 Å².